The van der Waals surface area contributed by atoms with Crippen molar-refractivity contribution in [1.29, 1.82) is 0 Å². The summed E-state index contributed by atoms with van der Waals surface area (Å²) in [7, 11) is 0. The van der Waals surface area contributed by atoms with E-state index in [9.17, 15) is 9.18 Å². The van der Waals surface area contributed by atoms with Crippen LogP contribution in [0.3, 0.4) is 0 Å². The Balaban J connectivity index is 1.56. The Kier molecular flexibility index (Phi) is 4.23. The lowest BCUT2D eigenvalue weighted by molar-refractivity contribution is -0.125. The summed E-state index contributed by atoms with van der Waals surface area (Å²) < 4.78 is 13.3. The number of H-pyrrole nitrogens is 1. The molecule has 0 saturated heterocycles. The van der Waals surface area contributed by atoms with Crippen molar-refractivity contribution in [2.45, 2.75) is 38.5 Å². The molecule has 1 heterocycles. The molecule has 0 radical (unpaired) electrons. The van der Waals surface area contributed by atoms with Crippen LogP contribution in [0.1, 0.15) is 37.7 Å². The molecule has 1 saturated carbocycles. The van der Waals surface area contributed by atoms with Gasteiger partial charge in [0.05, 0.1) is 0 Å². The second kappa shape index (κ2) is 6.29. The number of fused-ring (bicyclic) bond motifs is 1. The predicted molar refractivity (Wildman–Crippen MR) is 81.5 cm³/mol. The minimum Gasteiger partial charge on any atom is -0.361 e. The third kappa shape index (κ3) is 3.26. The number of aromatic amines is 1. The Bertz CT molecular complexity index is 629. The molecule has 1 aromatic heterocycles. The largest absolute Gasteiger partial charge is 0.361 e. The maximum absolute atomic E-state index is 13.3. The standard InChI is InChI=1S/C17H21FN2O/c18-14-6-7-16-15(10-14)13(11-20-16)8-9-19-17(21)12-4-2-1-3-5-12/h6-7,10-12,20H,1-5,8-9H2,(H,19,21). The van der Waals surface area contributed by atoms with E-state index in [1.807, 2.05) is 6.20 Å². The predicted octanol–water partition coefficient (Wildman–Crippen LogP) is 3.55. The number of hydrogen-bond donors (Lipinski definition) is 2. The maximum Gasteiger partial charge on any atom is 0.223 e. The normalized spacial score (nSPS) is 16.2. The van der Waals surface area contributed by atoms with Gasteiger partial charge in [0.1, 0.15) is 5.82 Å². The van der Waals surface area contributed by atoms with Gasteiger partial charge in [-0.25, -0.2) is 4.39 Å². The van der Waals surface area contributed by atoms with Gasteiger partial charge in [-0.3, -0.25) is 4.79 Å². The van der Waals surface area contributed by atoms with Crippen molar-refractivity contribution in [2.75, 3.05) is 6.54 Å². The summed E-state index contributed by atoms with van der Waals surface area (Å²) in [4.78, 5) is 15.2. The fraction of sp³-hybridized carbons (Fsp3) is 0.471. The lowest BCUT2D eigenvalue weighted by Crippen LogP contribution is -2.33. The molecule has 1 fully saturated rings. The molecule has 1 aromatic carbocycles. The number of halogens is 1. The van der Waals surface area contributed by atoms with Gasteiger partial charge in [-0.15, -0.1) is 0 Å². The van der Waals surface area contributed by atoms with Gasteiger partial charge in [-0.2, -0.15) is 0 Å². The minimum atomic E-state index is -0.227. The zero-order valence-electron chi connectivity index (χ0n) is 12.1. The SMILES string of the molecule is O=C(NCCc1c[nH]c2ccc(F)cc12)C1CCCCC1. The van der Waals surface area contributed by atoms with Crippen LogP contribution in [-0.2, 0) is 11.2 Å². The summed E-state index contributed by atoms with van der Waals surface area (Å²) in [6.07, 6.45) is 8.25. The first-order valence-electron chi connectivity index (χ1n) is 7.77. The van der Waals surface area contributed by atoms with Crippen LogP contribution in [0.25, 0.3) is 10.9 Å². The number of rotatable bonds is 4. The molecule has 4 heteroatoms. The topological polar surface area (TPSA) is 44.9 Å². The smallest absolute Gasteiger partial charge is 0.223 e. The van der Waals surface area contributed by atoms with Crippen molar-refractivity contribution >= 4 is 16.8 Å². The van der Waals surface area contributed by atoms with Crippen LogP contribution in [0.2, 0.25) is 0 Å². The van der Waals surface area contributed by atoms with Crippen molar-refractivity contribution < 1.29 is 9.18 Å². The van der Waals surface area contributed by atoms with E-state index < -0.39 is 0 Å². The zero-order chi connectivity index (χ0) is 14.7. The highest BCUT2D eigenvalue weighted by atomic mass is 19.1. The first-order valence-corrected chi connectivity index (χ1v) is 7.77. The van der Waals surface area contributed by atoms with Crippen LogP contribution in [0.4, 0.5) is 4.39 Å². The quantitative estimate of drug-likeness (QED) is 0.888. The summed E-state index contributed by atoms with van der Waals surface area (Å²) >= 11 is 0. The molecular formula is C17H21FN2O. The molecule has 0 unspecified atom stereocenters. The van der Waals surface area contributed by atoms with Crippen LogP contribution in [0.5, 0.6) is 0 Å². The second-order valence-electron chi connectivity index (χ2n) is 5.88. The van der Waals surface area contributed by atoms with Crippen molar-refractivity contribution in [1.82, 2.24) is 10.3 Å². The van der Waals surface area contributed by atoms with Gasteiger partial charge in [-0.05, 0) is 43.0 Å². The van der Waals surface area contributed by atoms with E-state index >= 15 is 0 Å². The summed E-state index contributed by atoms with van der Waals surface area (Å²) in [5.41, 5.74) is 1.98. The van der Waals surface area contributed by atoms with Gasteiger partial charge in [0.2, 0.25) is 5.91 Å². The molecule has 21 heavy (non-hydrogen) atoms. The third-order valence-corrected chi connectivity index (χ3v) is 4.40. The fourth-order valence-electron chi connectivity index (χ4n) is 3.19. The number of nitrogens with one attached hydrogen (secondary N) is 2. The molecule has 2 N–H and O–H groups in total. The van der Waals surface area contributed by atoms with Crippen LogP contribution in [0, 0.1) is 11.7 Å². The first-order chi connectivity index (χ1) is 10.2. The fourth-order valence-corrected chi connectivity index (χ4v) is 3.19. The van der Waals surface area contributed by atoms with Gasteiger partial charge in [0.15, 0.2) is 0 Å². The summed E-state index contributed by atoms with van der Waals surface area (Å²) in [5, 5.41) is 3.93. The molecule has 3 rings (SSSR count). The molecule has 2 aromatic rings. The van der Waals surface area contributed by atoms with Crippen molar-refractivity contribution in [2.24, 2.45) is 5.92 Å². The molecule has 0 aliphatic heterocycles. The van der Waals surface area contributed by atoms with E-state index in [1.165, 1.54) is 25.3 Å². The highest BCUT2D eigenvalue weighted by Gasteiger charge is 2.20. The van der Waals surface area contributed by atoms with Gasteiger partial charge in [-0.1, -0.05) is 19.3 Å². The third-order valence-electron chi connectivity index (χ3n) is 4.40. The van der Waals surface area contributed by atoms with Gasteiger partial charge in [0.25, 0.3) is 0 Å². The minimum absolute atomic E-state index is 0.181. The molecule has 3 nitrogen and oxygen atoms in total. The Morgan fingerprint density at radius 3 is 2.90 bits per heavy atom. The van der Waals surface area contributed by atoms with E-state index in [0.29, 0.717) is 6.54 Å². The van der Waals surface area contributed by atoms with Crippen LogP contribution >= 0.6 is 0 Å². The van der Waals surface area contributed by atoms with E-state index in [0.717, 1.165) is 35.7 Å². The van der Waals surface area contributed by atoms with Gasteiger partial charge >= 0.3 is 0 Å². The number of aromatic nitrogens is 1. The first kappa shape index (κ1) is 14.1. The average molecular weight is 288 g/mol. The summed E-state index contributed by atoms with van der Waals surface area (Å²) in [6.45, 7) is 0.610. The van der Waals surface area contributed by atoms with E-state index in [4.69, 9.17) is 0 Å². The molecule has 1 aliphatic rings. The van der Waals surface area contributed by atoms with Gasteiger partial charge < -0.3 is 10.3 Å². The van der Waals surface area contributed by atoms with Crippen molar-refractivity contribution in [3.05, 3.63) is 35.8 Å². The van der Waals surface area contributed by atoms with Crippen LogP contribution in [-0.4, -0.2) is 17.4 Å². The number of carbonyl (C=O) groups is 1. The average Bonchev–Trinajstić information content (AvgIpc) is 2.90. The van der Waals surface area contributed by atoms with E-state index in [1.54, 1.807) is 12.1 Å². The zero-order valence-corrected chi connectivity index (χ0v) is 12.1. The molecule has 0 bridgehead atoms. The number of hydrogen-bond acceptors (Lipinski definition) is 1. The lowest BCUT2D eigenvalue weighted by atomic mass is 9.88. The molecule has 0 spiro atoms. The van der Waals surface area contributed by atoms with Crippen LogP contribution in [0.15, 0.2) is 24.4 Å². The number of carbonyl (C=O) groups excluding carboxylic acids is 1. The lowest BCUT2D eigenvalue weighted by Gasteiger charge is -2.20. The Morgan fingerprint density at radius 2 is 2.10 bits per heavy atom. The maximum atomic E-state index is 13.3. The van der Waals surface area contributed by atoms with Gasteiger partial charge in [0, 0.05) is 29.6 Å². The van der Waals surface area contributed by atoms with Crippen molar-refractivity contribution in [3.8, 4) is 0 Å². The molecule has 1 aliphatic carbocycles. The Morgan fingerprint density at radius 1 is 1.29 bits per heavy atom. The van der Waals surface area contributed by atoms with E-state index in [2.05, 4.69) is 10.3 Å². The number of benzene rings is 1. The molecule has 1 amide bonds. The molecule has 112 valence electrons. The van der Waals surface area contributed by atoms with Crippen molar-refractivity contribution in [3.63, 3.8) is 0 Å². The molecular weight excluding hydrogens is 267 g/mol. The highest BCUT2D eigenvalue weighted by molar-refractivity contribution is 5.83. The summed E-state index contributed by atoms with van der Waals surface area (Å²) in [6, 6.07) is 4.74. The highest BCUT2D eigenvalue weighted by Crippen LogP contribution is 2.24. The van der Waals surface area contributed by atoms with E-state index in [-0.39, 0.29) is 17.6 Å². The second-order valence-corrected chi connectivity index (χ2v) is 5.88. The Labute approximate surface area is 123 Å². The monoisotopic (exact) mass is 288 g/mol. The summed E-state index contributed by atoms with van der Waals surface area (Å²) in [5.74, 6) is 0.148. The van der Waals surface area contributed by atoms with Crippen LogP contribution < -0.4 is 5.32 Å². The number of amides is 1. The molecule has 0 atom stereocenters. The Hall–Kier alpha value is -1.84.